The SMILES string of the molecule is C[Si][c-]1ccc2ccccc21.C[Si][c-]1ccc2ccccc21.[Cl-].[Cl-].[Hf+4]. The summed E-state index contributed by atoms with van der Waals surface area (Å²) in [4.78, 5) is 0. The van der Waals surface area contributed by atoms with Crippen LogP contribution in [-0.2, 0) is 25.8 Å². The molecular weight excluding hydrogens is 546 g/mol. The summed E-state index contributed by atoms with van der Waals surface area (Å²) in [5.41, 5.74) is 0. The maximum atomic E-state index is 2.23. The third-order valence-corrected chi connectivity index (χ3v) is 5.85. The summed E-state index contributed by atoms with van der Waals surface area (Å²) in [6.45, 7) is 4.45. The van der Waals surface area contributed by atoms with Gasteiger partial charge in [0, 0.05) is 19.0 Å². The van der Waals surface area contributed by atoms with Crippen LogP contribution in [0.2, 0.25) is 13.1 Å². The van der Waals surface area contributed by atoms with Gasteiger partial charge in [0.25, 0.3) is 0 Å². The third-order valence-electron chi connectivity index (χ3n) is 3.90. The van der Waals surface area contributed by atoms with E-state index in [-0.39, 0.29) is 50.7 Å². The van der Waals surface area contributed by atoms with Crippen molar-refractivity contribution in [3.05, 3.63) is 72.8 Å². The summed E-state index contributed by atoms with van der Waals surface area (Å²) in [5.74, 6) is 0. The van der Waals surface area contributed by atoms with Crippen LogP contribution < -0.4 is 35.2 Å². The van der Waals surface area contributed by atoms with Gasteiger partial charge in [-0.05, 0) is 0 Å². The molecule has 0 aliphatic rings. The van der Waals surface area contributed by atoms with Crippen LogP contribution in [0, 0.1) is 0 Å². The summed E-state index contributed by atoms with van der Waals surface area (Å²) in [6, 6.07) is 25.9. The number of hydrogen-bond donors (Lipinski definition) is 0. The largest absolute Gasteiger partial charge is 4.00 e. The van der Waals surface area contributed by atoms with Crippen molar-refractivity contribution in [2.75, 3.05) is 0 Å². The fourth-order valence-corrected chi connectivity index (χ4v) is 4.23. The molecule has 0 aliphatic heterocycles. The van der Waals surface area contributed by atoms with Gasteiger partial charge in [0.15, 0.2) is 0 Å². The van der Waals surface area contributed by atoms with Gasteiger partial charge >= 0.3 is 25.8 Å². The summed E-state index contributed by atoms with van der Waals surface area (Å²) < 4.78 is 0. The van der Waals surface area contributed by atoms with Crippen LogP contribution in [-0.4, -0.2) is 19.0 Å². The average Bonchev–Trinajstić information content (AvgIpc) is 3.19. The fourth-order valence-electron chi connectivity index (χ4n) is 2.74. The van der Waals surface area contributed by atoms with E-state index in [1.54, 1.807) is 0 Å². The van der Waals surface area contributed by atoms with Gasteiger partial charge in [-0.15, -0.1) is 68.3 Å². The summed E-state index contributed by atoms with van der Waals surface area (Å²) in [6.07, 6.45) is 0. The smallest absolute Gasteiger partial charge is 1.00 e. The predicted octanol–water partition coefficient (Wildman–Crippen LogP) is -2.12. The molecule has 0 aromatic heterocycles. The molecule has 0 atom stereocenters. The maximum absolute atomic E-state index is 2.23. The molecule has 25 heavy (non-hydrogen) atoms. The van der Waals surface area contributed by atoms with Crippen LogP contribution in [0.4, 0.5) is 0 Å². The summed E-state index contributed by atoms with van der Waals surface area (Å²) in [7, 11) is 1.82. The van der Waals surface area contributed by atoms with Gasteiger partial charge in [-0.2, -0.15) is 24.3 Å². The minimum atomic E-state index is 0. The van der Waals surface area contributed by atoms with Crippen LogP contribution in [0.3, 0.4) is 0 Å². The molecule has 0 fully saturated rings. The van der Waals surface area contributed by atoms with Crippen molar-refractivity contribution >= 4 is 51.0 Å². The molecule has 0 bridgehead atoms. The summed E-state index contributed by atoms with van der Waals surface area (Å²) in [5, 5.41) is 8.57. The Kier molecular flexibility index (Phi) is 11.8. The minimum Gasteiger partial charge on any atom is -1.00 e. The molecule has 4 aromatic rings. The van der Waals surface area contributed by atoms with E-state index >= 15 is 0 Å². The molecule has 4 aromatic carbocycles. The Balaban J connectivity index is 0.000000411. The molecule has 4 radical (unpaired) electrons. The third kappa shape index (κ3) is 5.76. The monoisotopic (exact) mass is 564 g/mol. The number of hydrogen-bond acceptors (Lipinski definition) is 0. The molecule has 4 rings (SSSR count). The second-order valence-electron chi connectivity index (χ2n) is 5.17. The number of halogens is 2. The topological polar surface area (TPSA) is 0 Å². The number of fused-ring (bicyclic) bond motifs is 2. The molecule has 0 heterocycles. The van der Waals surface area contributed by atoms with E-state index in [0.717, 1.165) is 19.0 Å². The molecule has 124 valence electrons. The van der Waals surface area contributed by atoms with Crippen molar-refractivity contribution in [2.45, 2.75) is 13.1 Å². The van der Waals surface area contributed by atoms with Gasteiger partial charge in [-0.3, -0.25) is 0 Å². The zero-order valence-electron chi connectivity index (χ0n) is 14.2. The van der Waals surface area contributed by atoms with Gasteiger partial charge in [-0.1, -0.05) is 25.2 Å². The first-order valence-corrected chi connectivity index (χ1v) is 10.5. The van der Waals surface area contributed by atoms with Gasteiger partial charge in [0.05, 0.1) is 0 Å². The molecule has 0 spiro atoms. The second kappa shape index (κ2) is 12.0. The molecular formula is C20H18Cl2HfSi2. The molecule has 0 unspecified atom stereocenters. The minimum absolute atomic E-state index is 0. The Morgan fingerprint density at radius 1 is 0.600 bits per heavy atom. The van der Waals surface area contributed by atoms with Gasteiger partial charge in [0.1, 0.15) is 0 Å². The molecule has 0 amide bonds. The van der Waals surface area contributed by atoms with E-state index < -0.39 is 0 Å². The van der Waals surface area contributed by atoms with Crippen LogP contribution in [0.25, 0.3) is 21.5 Å². The van der Waals surface area contributed by atoms with Crippen molar-refractivity contribution < 1.29 is 50.7 Å². The quantitative estimate of drug-likeness (QED) is 0.193. The van der Waals surface area contributed by atoms with Crippen molar-refractivity contribution in [1.29, 1.82) is 0 Å². The Labute approximate surface area is 186 Å². The van der Waals surface area contributed by atoms with E-state index in [9.17, 15) is 0 Å². The molecule has 0 saturated heterocycles. The zero-order valence-corrected chi connectivity index (χ0v) is 21.3. The second-order valence-corrected chi connectivity index (χ2v) is 7.25. The Hall–Kier alpha value is -0.456. The van der Waals surface area contributed by atoms with E-state index in [1.807, 2.05) is 0 Å². The molecule has 0 aliphatic carbocycles. The summed E-state index contributed by atoms with van der Waals surface area (Å²) >= 11 is 0. The van der Waals surface area contributed by atoms with Gasteiger partial charge in [-0.25, -0.2) is 0 Å². The number of benzene rings is 2. The van der Waals surface area contributed by atoms with Crippen molar-refractivity contribution in [3.8, 4) is 0 Å². The first-order valence-electron chi connectivity index (χ1n) is 7.48. The van der Waals surface area contributed by atoms with Crippen LogP contribution in [0.1, 0.15) is 0 Å². The van der Waals surface area contributed by atoms with Crippen molar-refractivity contribution in [3.63, 3.8) is 0 Å². The standard InChI is InChI=1S/2C10H9Si.2ClH.Hf/c2*1-11-10-7-6-8-4-2-3-5-9(8)10;;;/h2*2-7H,1H3;2*1H;/q2*-1;;;+4/p-2. The first kappa shape index (κ1) is 24.5. The Bertz CT molecular complexity index is 809. The normalized spacial score (nSPS) is 9.36. The Morgan fingerprint density at radius 2 is 0.960 bits per heavy atom. The van der Waals surface area contributed by atoms with Crippen molar-refractivity contribution in [2.24, 2.45) is 0 Å². The molecule has 0 saturated carbocycles. The molecule has 0 nitrogen and oxygen atoms in total. The zero-order chi connectivity index (χ0) is 15.4. The maximum Gasteiger partial charge on any atom is 4.00 e. The van der Waals surface area contributed by atoms with Crippen LogP contribution in [0.15, 0.2) is 72.8 Å². The van der Waals surface area contributed by atoms with E-state index in [0.29, 0.717) is 0 Å². The predicted molar refractivity (Wildman–Crippen MR) is 102 cm³/mol. The van der Waals surface area contributed by atoms with Crippen molar-refractivity contribution in [1.82, 2.24) is 0 Å². The number of rotatable bonds is 2. The first-order chi connectivity index (χ1) is 10.8. The van der Waals surface area contributed by atoms with Gasteiger partial charge in [0.2, 0.25) is 0 Å². The van der Waals surface area contributed by atoms with Crippen LogP contribution >= 0.6 is 0 Å². The van der Waals surface area contributed by atoms with E-state index in [1.165, 1.54) is 31.9 Å². The van der Waals surface area contributed by atoms with E-state index in [2.05, 4.69) is 85.9 Å². The Morgan fingerprint density at radius 3 is 1.32 bits per heavy atom. The van der Waals surface area contributed by atoms with E-state index in [4.69, 9.17) is 0 Å². The molecule has 5 heteroatoms. The van der Waals surface area contributed by atoms with Crippen LogP contribution in [0.5, 0.6) is 0 Å². The van der Waals surface area contributed by atoms with Gasteiger partial charge < -0.3 is 24.8 Å². The average molecular weight is 564 g/mol. The molecule has 0 N–H and O–H groups in total. The fraction of sp³-hybridized carbons (Fsp3) is 0.100.